The van der Waals surface area contributed by atoms with Crippen LogP contribution in [0.5, 0.6) is 0 Å². The lowest BCUT2D eigenvalue weighted by molar-refractivity contribution is -0.105. The van der Waals surface area contributed by atoms with Crippen molar-refractivity contribution in [2.24, 2.45) is 0 Å². The first-order valence-corrected chi connectivity index (χ1v) is 4.65. The fourth-order valence-electron chi connectivity index (χ4n) is 1.35. The Morgan fingerprint density at radius 1 is 1.33 bits per heavy atom. The van der Waals surface area contributed by atoms with Gasteiger partial charge in [0.2, 0.25) is 6.41 Å². The first kappa shape index (κ1) is 11.7. The lowest BCUT2D eigenvalue weighted by atomic mass is 10.1. The topological polar surface area (TPSA) is 47.6 Å². The van der Waals surface area contributed by atoms with Gasteiger partial charge in [-0.2, -0.15) is 0 Å². The summed E-state index contributed by atoms with van der Waals surface area (Å²) in [6.07, 6.45) is 0.969. The summed E-state index contributed by atoms with van der Waals surface area (Å²) < 4.78 is 10.2. The van der Waals surface area contributed by atoms with Gasteiger partial charge in [-0.1, -0.05) is 18.2 Å². The summed E-state index contributed by atoms with van der Waals surface area (Å²) in [5.74, 6) is 0. The molecule has 15 heavy (non-hydrogen) atoms. The molecular formula is C11H15NO3. The molecule has 1 rings (SSSR count). The molecule has 0 unspecified atom stereocenters. The molecule has 0 spiro atoms. The molecule has 0 radical (unpaired) electrons. The summed E-state index contributed by atoms with van der Waals surface area (Å²) in [5.41, 5.74) is 1.77. The third-order valence-electron chi connectivity index (χ3n) is 2.14. The standard InChI is InChI=1S/C11H15NO3/c1-14-11(15-2)7-9-5-3-4-6-10(9)12-8-13/h3-6,8,11H,7H2,1-2H3,(H,12,13). The van der Waals surface area contributed by atoms with Gasteiger partial charge in [-0.05, 0) is 11.6 Å². The van der Waals surface area contributed by atoms with Gasteiger partial charge in [0, 0.05) is 26.3 Å². The van der Waals surface area contributed by atoms with Crippen LogP contribution >= 0.6 is 0 Å². The van der Waals surface area contributed by atoms with E-state index in [1.54, 1.807) is 14.2 Å². The molecule has 0 saturated heterocycles. The van der Waals surface area contributed by atoms with Crippen molar-refractivity contribution in [3.8, 4) is 0 Å². The Labute approximate surface area is 89.2 Å². The fourth-order valence-corrected chi connectivity index (χ4v) is 1.35. The van der Waals surface area contributed by atoms with Gasteiger partial charge in [0.05, 0.1) is 0 Å². The molecule has 0 aromatic heterocycles. The largest absolute Gasteiger partial charge is 0.356 e. The first-order valence-electron chi connectivity index (χ1n) is 4.65. The quantitative estimate of drug-likeness (QED) is 0.569. The normalized spacial score (nSPS) is 10.3. The lowest BCUT2D eigenvalue weighted by Crippen LogP contribution is -2.17. The van der Waals surface area contributed by atoms with E-state index in [1.807, 2.05) is 24.3 Å². The Morgan fingerprint density at radius 2 is 2.00 bits per heavy atom. The second kappa shape index (κ2) is 6.16. The van der Waals surface area contributed by atoms with Crippen LogP contribution in [0.2, 0.25) is 0 Å². The van der Waals surface area contributed by atoms with Crippen molar-refractivity contribution in [2.75, 3.05) is 19.5 Å². The van der Waals surface area contributed by atoms with Crippen molar-refractivity contribution in [1.82, 2.24) is 0 Å². The smallest absolute Gasteiger partial charge is 0.211 e. The zero-order chi connectivity index (χ0) is 11.1. The highest BCUT2D eigenvalue weighted by atomic mass is 16.7. The predicted molar refractivity (Wildman–Crippen MR) is 57.6 cm³/mol. The minimum atomic E-state index is -0.292. The van der Waals surface area contributed by atoms with E-state index >= 15 is 0 Å². The number of carbonyl (C=O) groups is 1. The van der Waals surface area contributed by atoms with Crippen molar-refractivity contribution in [1.29, 1.82) is 0 Å². The Morgan fingerprint density at radius 3 is 2.60 bits per heavy atom. The maximum absolute atomic E-state index is 10.4. The van der Waals surface area contributed by atoms with Gasteiger partial charge in [-0.3, -0.25) is 4.79 Å². The number of carbonyl (C=O) groups excluding carboxylic acids is 1. The number of anilines is 1. The maximum atomic E-state index is 10.4. The van der Waals surface area contributed by atoms with E-state index in [9.17, 15) is 4.79 Å². The number of rotatable bonds is 6. The van der Waals surface area contributed by atoms with Crippen LogP contribution in [-0.4, -0.2) is 26.9 Å². The van der Waals surface area contributed by atoms with E-state index in [2.05, 4.69) is 5.32 Å². The van der Waals surface area contributed by atoms with Crippen LogP contribution in [0.3, 0.4) is 0 Å². The summed E-state index contributed by atoms with van der Waals surface area (Å²) in [7, 11) is 3.17. The number of ether oxygens (including phenoxy) is 2. The molecule has 4 nitrogen and oxygen atoms in total. The molecule has 0 aliphatic heterocycles. The van der Waals surface area contributed by atoms with E-state index in [1.165, 1.54) is 0 Å². The number of benzene rings is 1. The van der Waals surface area contributed by atoms with Crippen molar-refractivity contribution in [3.63, 3.8) is 0 Å². The fraction of sp³-hybridized carbons (Fsp3) is 0.364. The second-order valence-corrected chi connectivity index (χ2v) is 3.02. The highest BCUT2D eigenvalue weighted by Crippen LogP contribution is 2.17. The van der Waals surface area contributed by atoms with Crippen molar-refractivity contribution in [3.05, 3.63) is 29.8 Å². The summed E-state index contributed by atoms with van der Waals surface area (Å²) in [6.45, 7) is 0. The van der Waals surface area contributed by atoms with E-state index in [-0.39, 0.29) is 6.29 Å². The molecule has 0 aliphatic rings. The molecule has 0 bridgehead atoms. The Hall–Kier alpha value is -1.39. The molecule has 0 atom stereocenters. The zero-order valence-corrected chi connectivity index (χ0v) is 8.90. The number of methoxy groups -OCH3 is 2. The van der Waals surface area contributed by atoms with Gasteiger partial charge in [-0.15, -0.1) is 0 Å². The van der Waals surface area contributed by atoms with Gasteiger partial charge >= 0.3 is 0 Å². The number of hydrogen-bond acceptors (Lipinski definition) is 3. The summed E-state index contributed by atoms with van der Waals surface area (Å²) in [5, 5.41) is 2.64. The van der Waals surface area contributed by atoms with E-state index in [4.69, 9.17) is 9.47 Å². The van der Waals surface area contributed by atoms with Crippen LogP contribution in [0.1, 0.15) is 5.56 Å². The van der Waals surface area contributed by atoms with Crippen molar-refractivity contribution >= 4 is 12.1 Å². The summed E-state index contributed by atoms with van der Waals surface area (Å²) >= 11 is 0. The Kier molecular flexibility index (Phi) is 4.80. The molecule has 1 amide bonds. The third-order valence-corrected chi connectivity index (χ3v) is 2.14. The molecule has 1 aromatic rings. The molecule has 4 heteroatoms. The van der Waals surface area contributed by atoms with Crippen molar-refractivity contribution < 1.29 is 14.3 Å². The lowest BCUT2D eigenvalue weighted by Gasteiger charge is -2.15. The van der Waals surface area contributed by atoms with Crippen LogP contribution < -0.4 is 5.32 Å². The average Bonchev–Trinajstić information content (AvgIpc) is 2.28. The molecule has 0 saturated carbocycles. The van der Waals surface area contributed by atoms with Crippen LogP contribution in [-0.2, 0) is 20.7 Å². The highest BCUT2D eigenvalue weighted by Gasteiger charge is 2.09. The minimum Gasteiger partial charge on any atom is -0.356 e. The number of hydrogen-bond donors (Lipinski definition) is 1. The molecule has 1 N–H and O–H groups in total. The Bertz CT molecular complexity index is 310. The summed E-state index contributed by atoms with van der Waals surface area (Å²) in [4.78, 5) is 10.4. The molecule has 82 valence electrons. The third kappa shape index (κ3) is 3.34. The van der Waals surface area contributed by atoms with Crippen LogP contribution in [0, 0.1) is 0 Å². The number of para-hydroxylation sites is 1. The van der Waals surface area contributed by atoms with Gasteiger partial charge in [0.15, 0.2) is 6.29 Å². The molecule has 0 heterocycles. The predicted octanol–water partition coefficient (Wildman–Crippen LogP) is 1.42. The number of nitrogens with one attached hydrogen (secondary N) is 1. The first-order chi connectivity index (χ1) is 7.31. The van der Waals surface area contributed by atoms with Crippen molar-refractivity contribution in [2.45, 2.75) is 12.7 Å². The monoisotopic (exact) mass is 209 g/mol. The molecule has 0 aliphatic carbocycles. The van der Waals surface area contributed by atoms with Crippen LogP contribution in [0.25, 0.3) is 0 Å². The second-order valence-electron chi connectivity index (χ2n) is 3.02. The van der Waals surface area contributed by atoms with Gasteiger partial charge in [0.25, 0.3) is 0 Å². The van der Waals surface area contributed by atoms with Crippen LogP contribution in [0.4, 0.5) is 5.69 Å². The molecule has 1 aromatic carbocycles. The van der Waals surface area contributed by atoms with E-state index < -0.39 is 0 Å². The number of amides is 1. The minimum absolute atomic E-state index is 0.292. The van der Waals surface area contributed by atoms with E-state index in [0.29, 0.717) is 12.8 Å². The van der Waals surface area contributed by atoms with Gasteiger partial charge < -0.3 is 14.8 Å². The summed E-state index contributed by atoms with van der Waals surface area (Å²) in [6, 6.07) is 7.54. The molecule has 0 fully saturated rings. The average molecular weight is 209 g/mol. The molecular weight excluding hydrogens is 194 g/mol. The van der Waals surface area contributed by atoms with Gasteiger partial charge in [-0.25, -0.2) is 0 Å². The van der Waals surface area contributed by atoms with Crippen LogP contribution in [0.15, 0.2) is 24.3 Å². The Balaban J connectivity index is 2.78. The van der Waals surface area contributed by atoms with Gasteiger partial charge in [0.1, 0.15) is 0 Å². The highest BCUT2D eigenvalue weighted by molar-refractivity contribution is 5.73. The zero-order valence-electron chi connectivity index (χ0n) is 8.90. The van der Waals surface area contributed by atoms with E-state index in [0.717, 1.165) is 11.3 Å². The maximum Gasteiger partial charge on any atom is 0.211 e. The SMILES string of the molecule is COC(Cc1ccccc1NC=O)OC.